The van der Waals surface area contributed by atoms with Crippen LogP contribution >= 0.6 is 0 Å². The SMILES string of the molecule is CC(C)(C)OC(=O)N[C@H]1CC[C@@H](C(N)c2ncccn2)C1. The fourth-order valence-corrected chi connectivity index (χ4v) is 2.64. The monoisotopic (exact) mass is 292 g/mol. The van der Waals surface area contributed by atoms with Gasteiger partial charge in [-0.05, 0) is 52.0 Å². The Bertz CT molecular complexity index is 472. The first-order valence-corrected chi connectivity index (χ1v) is 7.37. The van der Waals surface area contributed by atoms with Crippen molar-refractivity contribution in [3.8, 4) is 0 Å². The summed E-state index contributed by atoms with van der Waals surface area (Å²) in [4.78, 5) is 20.2. The number of carbonyl (C=O) groups excluding carboxylic acids is 1. The van der Waals surface area contributed by atoms with Gasteiger partial charge in [-0.3, -0.25) is 0 Å². The molecular weight excluding hydrogens is 268 g/mol. The highest BCUT2D eigenvalue weighted by Crippen LogP contribution is 2.33. The van der Waals surface area contributed by atoms with E-state index in [1.54, 1.807) is 18.5 Å². The maximum atomic E-state index is 11.8. The first-order chi connectivity index (χ1) is 9.85. The zero-order chi connectivity index (χ0) is 15.5. The van der Waals surface area contributed by atoms with E-state index in [1.807, 2.05) is 20.8 Å². The van der Waals surface area contributed by atoms with E-state index in [2.05, 4.69) is 15.3 Å². The maximum Gasteiger partial charge on any atom is 0.407 e. The lowest BCUT2D eigenvalue weighted by Crippen LogP contribution is -2.38. The Morgan fingerprint density at radius 2 is 2.05 bits per heavy atom. The molecule has 1 saturated carbocycles. The number of hydrogen-bond donors (Lipinski definition) is 2. The predicted octanol–water partition coefficient (Wildman–Crippen LogP) is 2.17. The lowest BCUT2D eigenvalue weighted by atomic mass is 9.98. The van der Waals surface area contributed by atoms with Crippen molar-refractivity contribution in [2.45, 2.75) is 57.7 Å². The summed E-state index contributed by atoms with van der Waals surface area (Å²) in [5, 5.41) is 2.91. The van der Waals surface area contributed by atoms with Gasteiger partial charge in [0.05, 0.1) is 6.04 Å². The van der Waals surface area contributed by atoms with Crippen molar-refractivity contribution in [2.24, 2.45) is 11.7 Å². The largest absolute Gasteiger partial charge is 0.444 e. The number of amides is 1. The standard InChI is InChI=1S/C15H24N4O2/c1-15(2,3)21-14(20)19-11-6-5-10(9-11)12(16)13-17-7-4-8-18-13/h4,7-8,10-12H,5-6,9,16H2,1-3H3,(H,19,20)/t10-,11+,12?/m1/s1. The molecule has 0 spiro atoms. The van der Waals surface area contributed by atoms with Gasteiger partial charge in [-0.25, -0.2) is 14.8 Å². The average molecular weight is 292 g/mol. The highest BCUT2D eigenvalue weighted by Gasteiger charge is 2.32. The van der Waals surface area contributed by atoms with E-state index in [1.165, 1.54) is 0 Å². The van der Waals surface area contributed by atoms with Crippen LogP contribution in [0, 0.1) is 5.92 Å². The number of carbonyl (C=O) groups is 1. The summed E-state index contributed by atoms with van der Waals surface area (Å²) in [7, 11) is 0. The number of nitrogens with zero attached hydrogens (tertiary/aromatic N) is 2. The van der Waals surface area contributed by atoms with Crippen molar-refractivity contribution in [3.05, 3.63) is 24.3 Å². The molecule has 1 fully saturated rings. The molecule has 1 aliphatic carbocycles. The van der Waals surface area contributed by atoms with Crippen molar-refractivity contribution in [1.82, 2.24) is 15.3 Å². The quantitative estimate of drug-likeness (QED) is 0.891. The third kappa shape index (κ3) is 4.67. The molecule has 0 aliphatic heterocycles. The Hall–Kier alpha value is -1.69. The summed E-state index contributed by atoms with van der Waals surface area (Å²) in [6, 6.07) is 1.70. The lowest BCUT2D eigenvalue weighted by Gasteiger charge is -2.22. The van der Waals surface area contributed by atoms with Crippen molar-refractivity contribution >= 4 is 6.09 Å². The minimum Gasteiger partial charge on any atom is -0.444 e. The smallest absolute Gasteiger partial charge is 0.407 e. The predicted molar refractivity (Wildman–Crippen MR) is 79.5 cm³/mol. The molecule has 1 amide bonds. The molecule has 6 nitrogen and oxygen atoms in total. The molecule has 2 rings (SSSR count). The number of nitrogens with two attached hydrogens (primary N) is 1. The van der Waals surface area contributed by atoms with Gasteiger partial charge in [0.15, 0.2) is 0 Å². The van der Waals surface area contributed by atoms with Crippen LogP contribution < -0.4 is 11.1 Å². The summed E-state index contributed by atoms with van der Waals surface area (Å²) in [5.41, 5.74) is 5.75. The number of hydrogen-bond acceptors (Lipinski definition) is 5. The van der Waals surface area contributed by atoms with Crippen molar-refractivity contribution in [2.75, 3.05) is 0 Å². The van der Waals surface area contributed by atoms with E-state index < -0.39 is 5.60 Å². The normalized spacial score (nSPS) is 23.6. The molecule has 1 unspecified atom stereocenters. The zero-order valence-electron chi connectivity index (χ0n) is 12.9. The Morgan fingerprint density at radius 1 is 1.38 bits per heavy atom. The number of alkyl carbamates (subject to hydrolysis) is 1. The third-order valence-electron chi connectivity index (χ3n) is 3.59. The lowest BCUT2D eigenvalue weighted by molar-refractivity contribution is 0.0504. The van der Waals surface area contributed by atoms with Crippen LogP contribution in [0.25, 0.3) is 0 Å². The van der Waals surface area contributed by atoms with Crippen LogP contribution in [0.15, 0.2) is 18.5 Å². The van der Waals surface area contributed by atoms with Crippen LogP contribution in [0.1, 0.15) is 51.9 Å². The second-order valence-corrected chi connectivity index (χ2v) is 6.55. The number of ether oxygens (including phenoxy) is 1. The van der Waals surface area contributed by atoms with Crippen LogP contribution in [-0.4, -0.2) is 27.7 Å². The van der Waals surface area contributed by atoms with Gasteiger partial charge in [0.2, 0.25) is 0 Å². The van der Waals surface area contributed by atoms with Crippen molar-refractivity contribution in [3.63, 3.8) is 0 Å². The second-order valence-electron chi connectivity index (χ2n) is 6.55. The van der Waals surface area contributed by atoms with E-state index >= 15 is 0 Å². The molecule has 0 radical (unpaired) electrons. The number of rotatable bonds is 3. The van der Waals surface area contributed by atoms with Crippen LogP contribution in [0.5, 0.6) is 0 Å². The molecule has 21 heavy (non-hydrogen) atoms. The molecule has 1 heterocycles. The van der Waals surface area contributed by atoms with E-state index in [-0.39, 0.29) is 24.1 Å². The molecule has 6 heteroatoms. The van der Waals surface area contributed by atoms with E-state index in [4.69, 9.17) is 10.5 Å². The van der Waals surface area contributed by atoms with Gasteiger partial charge in [0, 0.05) is 18.4 Å². The van der Waals surface area contributed by atoms with Crippen LogP contribution in [-0.2, 0) is 4.74 Å². The van der Waals surface area contributed by atoms with Crippen LogP contribution in [0.2, 0.25) is 0 Å². The molecule has 3 atom stereocenters. The van der Waals surface area contributed by atoms with Crippen LogP contribution in [0.4, 0.5) is 4.79 Å². The summed E-state index contributed by atoms with van der Waals surface area (Å²) < 4.78 is 5.27. The third-order valence-corrected chi connectivity index (χ3v) is 3.59. The topological polar surface area (TPSA) is 90.1 Å². The van der Waals surface area contributed by atoms with E-state index in [0.717, 1.165) is 19.3 Å². The number of nitrogens with one attached hydrogen (secondary N) is 1. The Balaban J connectivity index is 1.85. The highest BCUT2D eigenvalue weighted by atomic mass is 16.6. The molecule has 116 valence electrons. The Morgan fingerprint density at radius 3 is 2.67 bits per heavy atom. The Kier molecular flexibility index (Phi) is 4.77. The summed E-state index contributed by atoms with van der Waals surface area (Å²) in [6.45, 7) is 5.56. The molecule has 1 aromatic rings. The molecule has 0 bridgehead atoms. The van der Waals surface area contributed by atoms with Gasteiger partial charge >= 0.3 is 6.09 Å². The summed E-state index contributed by atoms with van der Waals surface area (Å²) in [6.07, 6.45) is 5.74. The van der Waals surface area contributed by atoms with Gasteiger partial charge in [-0.15, -0.1) is 0 Å². The highest BCUT2D eigenvalue weighted by molar-refractivity contribution is 5.68. The van der Waals surface area contributed by atoms with Gasteiger partial charge in [-0.1, -0.05) is 0 Å². The molecule has 0 aromatic carbocycles. The molecule has 1 aromatic heterocycles. The Labute approximate surface area is 125 Å². The molecule has 0 saturated heterocycles. The van der Waals surface area contributed by atoms with Gasteiger partial charge in [-0.2, -0.15) is 0 Å². The first kappa shape index (κ1) is 15.7. The van der Waals surface area contributed by atoms with E-state index in [9.17, 15) is 4.79 Å². The molecule has 1 aliphatic rings. The maximum absolute atomic E-state index is 11.8. The van der Waals surface area contributed by atoms with Crippen LogP contribution in [0.3, 0.4) is 0 Å². The van der Waals surface area contributed by atoms with Crippen molar-refractivity contribution < 1.29 is 9.53 Å². The average Bonchev–Trinajstić information content (AvgIpc) is 2.85. The van der Waals surface area contributed by atoms with E-state index in [0.29, 0.717) is 5.82 Å². The minimum atomic E-state index is -0.476. The fourth-order valence-electron chi connectivity index (χ4n) is 2.64. The van der Waals surface area contributed by atoms with Crippen molar-refractivity contribution in [1.29, 1.82) is 0 Å². The molecule has 3 N–H and O–H groups in total. The summed E-state index contributed by atoms with van der Waals surface area (Å²) in [5.74, 6) is 0.952. The van der Waals surface area contributed by atoms with Gasteiger partial charge in [0.25, 0.3) is 0 Å². The minimum absolute atomic E-state index is 0.111. The number of aromatic nitrogens is 2. The summed E-state index contributed by atoms with van der Waals surface area (Å²) >= 11 is 0. The zero-order valence-corrected chi connectivity index (χ0v) is 12.9. The fraction of sp³-hybridized carbons (Fsp3) is 0.667. The molecular formula is C15H24N4O2. The van der Waals surface area contributed by atoms with Gasteiger partial charge < -0.3 is 15.8 Å². The van der Waals surface area contributed by atoms with Gasteiger partial charge in [0.1, 0.15) is 11.4 Å². The second kappa shape index (κ2) is 6.39. The first-order valence-electron chi connectivity index (χ1n) is 7.37.